The average molecular weight is 664 g/mol. The summed E-state index contributed by atoms with van der Waals surface area (Å²) >= 11 is 3.62. The molecule has 0 bridgehead atoms. The number of thioether (sulfide) groups is 1. The first kappa shape index (κ1) is 29.6. The molecule has 10 nitrogen and oxygen atoms in total. The molecular formula is C33H21N5O5S3. The molecule has 4 aromatic carbocycles. The molecular weight excluding hydrogens is 643 g/mol. The van der Waals surface area contributed by atoms with Gasteiger partial charge >= 0.3 is 0 Å². The number of hydrogen-bond donors (Lipinski definition) is 1. The molecule has 1 fully saturated rings. The van der Waals surface area contributed by atoms with Gasteiger partial charge in [-0.3, -0.25) is 24.5 Å². The first-order valence-corrected chi connectivity index (χ1v) is 16.3. The lowest BCUT2D eigenvalue weighted by Crippen LogP contribution is -2.29. The fraction of sp³-hybridized carbons (Fsp3) is 0.0606. The summed E-state index contributed by atoms with van der Waals surface area (Å²) in [5.74, 6) is -1.10. The largest absolute Gasteiger partial charge is 0.300 e. The number of rotatable bonds is 6. The molecule has 0 radical (unpaired) electrons. The maximum absolute atomic E-state index is 12.9. The van der Waals surface area contributed by atoms with Gasteiger partial charge in [0.05, 0.1) is 47.4 Å². The number of thiazole rings is 1. The number of carbonyl (C=O) groups excluding carboxylic acids is 3. The van der Waals surface area contributed by atoms with Crippen molar-refractivity contribution >= 4 is 91.1 Å². The second kappa shape index (κ2) is 11.7. The highest BCUT2D eigenvalue weighted by Gasteiger charge is 2.36. The van der Waals surface area contributed by atoms with Gasteiger partial charge in [0.25, 0.3) is 23.4 Å². The van der Waals surface area contributed by atoms with Crippen molar-refractivity contribution in [3.8, 4) is 0 Å². The molecule has 0 spiro atoms. The molecule has 1 saturated heterocycles. The fourth-order valence-electron chi connectivity index (χ4n) is 4.99. The Hall–Kier alpha value is -5.11. The van der Waals surface area contributed by atoms with Crippen molar-refractivity contribution < 1.29 is 19.3 Å². The van der Waals surface area contributed by atoms with Gasteiger partial charge in [0.1, 0.15) is 0 Å². The zero-order valence-electron chi connectivity index (χ0n) is 24.1. The Morgan fingerprint density at radius 2 is 1.70 bits per heavy atom. The van der Waals surface area contributed by atoms with Crippen molar-refractivity contribution in [3.05, 3.63) is 122 Å². The summed E-state index contributed by atoms with van der Waals surface area (Å²) in [6.07, 6.45) is 1.60. The van der Waals surface area contributed by atoms with E-state index in [0.717, 1.165) is 38.2 Å². The van der Waals surface area contributed by atoms with Crippen LogP contribution in [0.25, 0.3) is 16.3 Å². The number of nitro benzene ring substituents is 1. The van der Waals surface area contributed by atoms with Gasteiger partial charge in [-0.05, 0) is 96.9 Å². The van der Waals surface area contributed by atoms with Gasteiger partial charge in [-0.2, -0.15) is 0 Å². The number of hydrogen-bond acceptors (Lipinski definition) is 10. The molecule has 0 saturated carbocycles. The van der Waals surface area contributed by atoms with Crippen molar-refractivity contribution in [3.63, 3.8) is 0 Å². The minimum absolute atomic E-state index is 0.127. The second-order valence-electron chi connectivity index (χ2n) is 10.5. The molecule has 1 N–H and O–H groups in total. The maximum Gasteiger partial charge on any atom is 0.283 e. The lowest BCUT2D eigenvalue weighted by molar-refractivity contribution is -0.387. The quantitative estimate of drug-likeness (QED) is 0.0847. The predicted molar refractivity (Wildman–Crippen MR) is 181 cm³/mol. The van der Waals surface area contributed by atoms with Crippen LogP contribution in [0.5, 0.6) is 0 Å². The highest BCUT2D eigenvalue weighted by molar-refractivity contribution is 8.18. The van der Waals surface area contributed by atoms with Gasteiger partial charge in [-0.25, -0.2) is 14.9 Å². The highest BCUT2D eigenvalue weighted by atomic mass is 32.2. The summed E-state index contributed by atoms with van der Waals surface area (Å²) in [7, 11) is 0. The monoisotopic (exact) mass is 663 g/mol. The number of imide groups is 1. The van der Waals surface area contributed by atoms with Crippen LogP contribution in [-0.4, -0.2) is 32.8 Å². The summed E-state index contributed by atoms with van der Waals surface area (Å²) < 4.78 is 1.28. The van der Waals surface area contributed by atoms with Crippen LogP contribution in [0, 0.1) is 24.0 Å². The Morgan fingerprint density at radius 1 is 0.935 bits per heavy atom. The number of aryl methyl sites for hydroxylation is 2. The van der Waals surface area contributed by atoms with Crippen LogP contribution < -0.4 is 10.2 Å². The van der Waals surface area contributed by atoms with E-state index in [-0.39, 0.29) is 23.4 Å². The van der Waals surface area contributed by atoms with Crippen LogP contribution in [0.15, 0.2) is 98.0 Å². The van der Waals surface area contributed by atoms with Crippen LogP contribution in [0.1, 0.15) is 37.4 Å². The summed E-state index contributed by atoms with van der Waals surface area (Å²) in [4.78, 5) is 61.2. The minimum atomic E-state index is -0.466. The number of carbonyl (C=O) groups is 3. The van der Waals surface area contributed by atoms with E-state index in [1.54, 1.807) is 60.7 Å². The molecule has 0 unspecified atom stereocenters. The van der Waals surface area contributed by atoms with E-state index in [1.807, 2.05) is 32.0 Å². The van der Waals surface area contributed by atoms with Gasteiger partial charge in [-0.15, -0.1) is 11.3 Å². The van der Waals surface area contributed by atoms with Crippen LogP contribution in [-0.2, 0) is 4.79 Å². The van der Waals surface area contributed by atoms with Crippen LogP contribution in [0.2, 0.25) is 0 Å². The van der Waals surface area contributed by atoms with Gasteiger partial charge in [0.2, 0.25) is 0 Å². The third-order valence-corrected chi connectivity index (χ3v) is 10.5. The molecule has 0 atom stereocenters. The molecule has 0 aliphatic carbocycles. The molecule has 13 heteroatoms. The van der Waals surface area contributed by atoms with E-state index < -0.39 is 4.92 Å². The standard InChI is InChI=1S/C33H21N5O5S3/c1-17-7-9-20(13-18(17)2)34-32-36-29(39)28(44-32)15-19-8-12-26(25(14-19)38(42)43)45-33-35-24-11-10-21(16-27(24)46-33)37-30(40)22-5-3-4-6-23(22)31(37)41/h3-16H,1-2H3,(H,34,36,39)/b28-15-. The van der Waals surface area contributed by atoms with Crippen molar-refractivity contribution in [1.29, 1.82) is 0 Å². The third kappa shape index (κ3) is 5.49. The molecule has 226 valence electrons. The van der Waals surface area contributed by atoms with E-state index in [4.69, 9.17) is 0 Å². The Balaban J connectivity index is 1.12. The molecule has 1 aromatic heterocycles. The van der Waals surface area contributed by atoms with Crippen molar-refractivity contribution in [2.45, 2.75) is 23.1 Å². The van der Waals surface area contributed by atoms with Crippen molar-refractivity contribution in [2.75, 3.05) is 4.90 Å². The molecule has 5 aromatic rings. The van der Waals surface area contributed by atoms with Crippen LogP contribution in [0.3, 0.4) is 0 Å². The average Bonchev–Trinajstić information content (AvgIpc) is 3.67. The maximum atomic E-state index is 12.9. The smallest absolute Gasteiger partial charge is 0.283 e. The van der Waals surface area contributed by atoms with Crippen LogP contribution in [0.4, 0.5) is 17.1 Å². The Bertz CT molecular complexity index is 2190. The lowest BCUT2D eigenvalue weighted by Gasteiger charge is -2.13. The van der Waals surface area contributed by atoms with E-state index in [2.05, 4.69) is 15.3 Å². The SMILES string of the molecule is Cc1ccc(N=C2NC(=O)/C(=C/c3ccc(Sc4nc5ccc(N6C(=O)c7ccccc7C6=O)cc5s4)c([N+](=O)[O-])c3)S2)cc1C. The lowest BCUT2D eigenvalue weighted by atomic mass is 10.1. The summed E-state index contributed by atoms with van der Waals surface area (Å²) in [5.41, 5.74) is 5.11. The number of anilines is 1. The summed E-state index contributed by atoms with van der Waals surface area (Å²) in [6, 6.07) is 22.4. The molecule has 3 heterocycles. The zero-order valence-corrected chi connectivity index (χ0v) is 26.6. The zero-order chi connectivity index (χ0) is 32.1. The van der Waals surface area contributed by atoms with E-state index in [9.17, 15) is 24.5 Å². The molecule has 46 heavy (non-hydrogen) atoms. The van der Waals surface area contributed by atoms with Gasteiger partial charge in [0, 0.05) is 6.07 Å². The first-order valence-electron chi connectivity index (χ1n) is 13.9. The summed E-state index contributed by atoms with van der Waals surface area (Å²) in [6.45, 7) is 4.01. The normalized spacial score (nSPS) is 16.1. The Morgan fingerprint density at radius 3 is 2.41 bits per heavy atom. The number of nitrogens with one attached hydrogen (secondary N) is 1. The molecule has 3 amide bonds. The summed E-state index contributed by atoms with van der Waals surface area (Å²) in [5, 5.41) is 15.3. The van der Waals surface area contributed by atoms with Crippen molar-refractivity contribution in [2.24, 2.45) is 4.99 Å². The van der Waals surface area contributed by atoms with Crippen LogP contribution >= 0.6 is 34.9 Å². The van der Waals surface area contributed by atoms with E-state index in [0.29, 0.717) is 47.2 Å². The molecule has 2 aliphatic heterocycles. The topological polar surface area (TPSA) is 135 Å². The number of fused-ring (bicyclic) bond motifs is 2. The molecule has 2 aliphatic rings. The number of benzene rings is 4. The van der Waals surface area contributed by atoms with E-state index >= 15 is 0 Å². The fourth-order valence-corrected chi connectivity index (χ4v) is 7.97. The number of nitro groups is 1. The Labute approximate surface area is 274 Å². The van der Waals surface area contributed by atoms with Gasteiger partial charge < -0.3 is 5.32 Å². The number of amidine groups is 1. The third-order valence-electron chi connectivity index (χ3n) is 7.45. The first-order chi connectivity index (χ1) is 22.1. The van der Waals surface area contributed by atoms with Gasteiger partial charge in [-0.1, -0.05) is 36.0 Å². The van der Waals surface area contributed by atoms with E-state index in [1.165, 1.54) is 29.2 Å². The predicted octanol–water partition coefficient (Wildman–Crippen LogP) is 7.66. The molecule has 7 rings (SSSR count). The second-order valence-corrected chi connectivity index (χ2v) is 13.8. The number of aliphatic imine (C=N–C) groups is 1. The number of nitrogens with zero attached hydrogens (tertiary/aromatic N) is 4. The number of amides is 3. The van der Waals surface area contributed by atoms with Gasteiger partial charge in [0.15, 0.2) is 9.51 Å². The highest BCUT2D eigenvalue weighted by Crippen LogP contribution is 2.41. The number of aromatic nitrogens is 1. The minimum Gasteiger partial charge on any atom is -0.300 e. The Kier molecular flexibility index (Phi) is 7.51. The van der Waals surface area contributed by atoms with Crippen molar-refractivity contribution in [1.82, 2.24) is 10.3 Å².